The Bertz CT molecular complexity index is 399. The molecule has 16 heavy (non-hydrogen) atoms. The van der Waals surface area contributed by atoms with Gasteiger partial charge in [-0.15, -0.1) is 0 Å². The monoisotopic (exact) mass is 226 g/mol. The van der Waals surface area contributed by atoms with E-state index in [4.69, 9.17) is 15.4 Å². The molecule has 1 rings (SSSR count). The number of nitrogens with two attached hydrogens (primary N) is 1. The molecule has 1 heterocycles. The van der Waals surface area contributed by atoms with E-state index in [0.717, 1.165) is 0 Å². The van der Waals surface area contributed by atoms with Crippen LogP contribution >= 0.6 is 0 Å². The Labute approximate surface area is 92.5 Å². The smallest absolute Gasteiger partial charge is 0.291 e. The number of aromatic nitrogens is 1. The van der Waals surface area contributed by atoms with Crippen LogP contribution in [0.4, 0.5) is 0 Å². The van der Waals surface area contributed by atoms with Gasteiger partial charge in [-0.1, -0.05) is 5.16 Å². The number of carbonyl (C=O) groups is 1. The van der Waals surface area contributed by atoms with Crippen molar-refractivity contribution >= 4 is 11.7 Å². The second kappa shape index (κ2) is 5.15. The lowest BCUT2D eigenvalue weighted by Gasteiger charge is -2.14. The third-order valence-electron chi connectivity index (χ3n) is 2.12. The van der Waals surface area contributed by atoms with Crippen LogP contribution in [0.3, 0.4) is 0 Å². The molecule has 0 aliphatic carbocycles. The summed E-state index contributed by atoms with van der Waals surface area (Å²) in [5.41, 5.74) is 5.84. The number of oxime groups is 1. The predicted octanol–water partition coefficient (Wildman–Crippen LogP) is 0.192. The summed E-state index contributed by atoms with van der Waals surface area (Å²) < 4.78 is 4.97. The number of aryl methyl sites for hydroxylation is 1. The van der Waals surface area contributed by atoms with Crippen LogP contribution in [0.2, 0.25) is 0 Å². The Morgan fingerprint density at radius 3 is 2.94 bits per heavy atom. The zero-order valence-corrected chi connectivity index (χ0v) is 9.17. The molecule has 0 spiro atoms. The molecule has 0 aromatic carbocycles. The maximum Gasteiger partial charge on any atom is 0.291 e. The van der Waals surface area contributed by atoms with Gasteiger partial charge in [0.15, 0.2) is 6.39 Å². The minimum atomic E-state index is -0.277. The van der Waals surface area contributed by atoms with Crippen LogP contribution < -0.4 is 5.73 Å². The van der Waals surface area contributed by atoms with Crippen LogP contribution in [0.1, 0.15) is 22.7 Å². The first kappa shape index (κ1) is 12.0. The summed E-state index contributed by atoms with van der Waals surface area (Å²) in [4.78, 5) is 17.0. The number of rotatable bonds is 4. The largest absolute Gasteiger partial charge is 0.438 e. The molecule has 1 amide bonds. The Kier molecular flexibility index (Phi) is 3.87. The molecule has 7 heteroatoms. The van der Waals surface area contributed by atoms with E-state index in [1.807, 2.05) is 0 Å². The van der Waals surface area contributed by atoms with Gasteiger partial charge in [0.1, 0.15) is 5.84 Å². The van der Waals surface area contributed by atoms with Crippen molar-refractivity contribution < 1.29 is 14.4 Å². The highest BCUT2D eigenvalue weighted by Crippen LogP contribution is 2.08. The molecule has 0 fully saturated rings. The normalized spacial score (nSPS) is 11.5. The highest BCUT2D eigenvalue weighted by molar-refractivity contribution is 5.92. The van der Waals surface area contributed by atoms with Gasteiger partial charge in [0, 0.05) is 20.0 Å². The molecule has 0 radical (unpaired) electrons. The quantitative estimate of drug-likeness (QED) is 0.330. The third kappa shape index (κ3) is 2.72. The van der Waals surface area contributed by atoms with Crippen LogP contribution in [0.5, 0.6) is 0 Å². The summed E-state index contributed by atoms with van der Waals surface area (Å²) in [6.45, 7) is 2.03. The standard InChI is InChI=1S/C9H14N4O3/c1-6-8(16-5-11-6)9(14)13(2)4-3-7(10)12-15/h5,15H,3-4H2,1-2H3,(H2,10,12). The molecule has 0 bridgehead atoms. The molecule has 0 atom stereocenters. The van der Waals surface area contributed by atoms with Gasteiger partial charge in [0.2, 0.25) is 5.76 Å². The van der Waals surface area contributed by atoms with Crippen LogP contribution in [0.15, 0.2) is 16.0 Å². The number of nitrogens with zero attached hydrogens (tertiary/aromatic N) is 3. The van der Waals surface area contributed by atoms with Crippen LogP contribution in [-0.2, 0) is 0 Å². The first-order valence-electron chi connectivity index (χ1n) is 4.68. The molecule has 1 aromatic rings. The Morgan fingerprint density at radius 1 is 1.75 bits per heavy atom. The highest BCUT2D eigenvalue weighted by Gasteiger charge is 2.18. The molecule has 7 nitrogen and oxygen atoms in total. The summed E-state index contributed by atoms with van der Waals surface area (Å²) in [5, 5.41) is 11.2. The molecule has 0 aliphatic rings. The zero-order valence-electron chi connectivity index (χ0n) is 9.17. The highest BCUT2D eigenvalue weighted by atomic mass is 16.4. The fourth-order valence-corrected chi connectivity index (χ4v) is 1.11. The minimum absolute atomic E-state index is 0.0777. The number of hydrogen-bond donors (Lipinski definition) is 2. The van der Waals surface area contributed by atoms with E-state index in [1.54, 1.807) is 14.0 Å². The van der Waals surface area contributed by atoms with E-state index in [1.165, 1.54) is 11.3 Å². The number of amides is 1. The zero-order chi connectivity index (χ0) is 12.1. The van der Waals surface area contributed by atoms with Crippen molar-refractivity contribution in [3.8, 4) is 0 Å². The van der Waals surface area contributed by atoms with E-state index >= 15 is 0 Å². The van der Waals surface area contributed by atoms with E-state index in [2.05, 4.69) is 10.1 Å². The molecule has 0 unspecified atom stereocenters. The van der Waals surface area contributed by atoms with Gasteiger partial charge in [-0.05, 0) is 6.92 Å². The summed E-state index contributed by atoms with van der Waals surface area (Å²) in [6.07, 6.45) is 1.52. The number of oxazole rings is 1. The third-order valence-corrected chi connectivity index (χ3v) is 2.12. The molecule has 0 saturated carbocycles. The average molecular weight is 226 g/mol. The summed E-state index contributed by atoms with van der Waals surface area (Å²) in [6, 6.07) is 0. The SMILES string of the molecule is Cc1ncoc1C(=O)N(C)CCC(N)=NO. The molecule has 3 N–H and O–H groups in total. The van der Waals surface area contributed by atoms with Gasteiger partial charge in [0.05, 0.1) is 5.69 Å². The Morgan fingerprint density at radius 2 is 2.44 bits per heavy atom. The number of amidine groups is 1. The maximum atomic E-state index is 11.8. The first-order valence-corrected chi connectivity index (χ1v) is 4.68. The van der Waals surface area contributed by atoms with Crippen molar-refractivity contribution in [1.82, 2.24) is 9.88 Å². The second-order valence-electron chi connectivity index (χ2n) is 3.33. The van der Waals surface area contributed by atoms with Crippen LogP contribution in [0, 0.1) is 6.92 Å². The fourth-order valence-electron chi connectivity index (χ4n) is 1.11. The number of carbonyl (C=O) groups excluding carboxylic acids is 1. The van der Waals surface area contributed by atoms with Gasteiger partial charge in [-0.2, -0.15) is 0 Å². The van der Waals surface area contributed by atoms with Gasteiger partial charge in [-0.25, -0.2) is 4.98 Å². The van der Waals surface area contributed by atoms with Crippen molar-refractivity contribution in [3.63, 3.8) is 0 Å². The lowest BCUT2D eigenvalue weighted by Crippen LogP contribution is -2.30. The molecule has 1 aromatic heterocycles. The van der Waals surface area contributed by atoms with Gasteiger partial charge in [0.25, 0.3) is 5.91 Å². The topological polar surface area (TPSA) is 105 Å². The summed E-state index contributed by atoms with van der Waals surface area (Å²) >= 11 is 0. The Balaban J connectivity index is 2.58. The average Bonchev–Trinajstić information content (AvgIpc) is 2.70. The lowest BCUT2D eigenvalue weighted by molar-refractivity contribution is 0.0766. The van der Waals surface area contributed by atoms with E-state index < -0.39 is 0 Å². The minimum Gasteiger partial charge on any atom is -0.438 e. The van der Waals surface area contributed by atoms with Gasteiger partial charge in [-0.3, -0.25) is 4.79 Å². The van der Waals surface area contributed by atoms with Gasteiger partial charge >= 0.3 is 0 Å². The van der Waals surface area contributed by atoms with Crippen molar-refractivity contribution in [2.24, 2.45) is 10.9 Å². The van der Waals surface area contributed by atoms with Gasteiger partial charge < -0.3 is 20.3 Å². The predicted molar refractivity (Wildman–Crippen MR) is 56.2 cm³/mol. The van der Waals surface area contributed by atoms with E-state index in [0.29, 0.717) is 18.7 Å². The van der Waals surface area contributed by atoms with Crippen LogP contribution in [-0.4, -0.2) is 40.4 Å². The van der Waals surface area contributed by atoms with Crippen LogP contribution in [0.25, 0.3) is 0 Å². The van der Waals surface area contributed by atoms with Crippen molar-refractivity contribution in [3.05, 3.63) is 17.8 Å². The van der Waals surface area contributed by atoms with E-state index in [9.17, 15) is 4.79 Å². The number of hydrogen-bond acceptors (Lipinski definition) is 5. The molecule has 88 valence electrons. The molecular weight excluding hydrogens is 212 g/mol. The maximum absolute atomic E-state index is 11.8. The van der Waals surface area contributed by atoms with Crippen molar-refractivity contribution in [2.75, 3.05) is 13.6 Å². The molecular formula is C9H14N4O3. The Hall–Kier alpha value is -2.05. The summed E-state index contributed by atoms with van der Waals surface area (Å²) in [5.74, 6) is 0.0108. The van der Waals surface area contributed by atoms with Crippen molar-refractivity contribution in [2.45, 2.75) is 13.3 Å². The lowest BCUT2D eigenvalue weighted by atomic mass is 10.3. The second-order valence-corrected chi connectivity index (χ2v) is 3.33. The summed E-state index contributed by atoms with van der Waals surface area (Å²) in [7, 11) is 1.61. The first-order chi connectivity index (χ1) is 7.56. The molecule has 0 aliphatic heterocycles. The van der Waals surface area contributed by atoms with E-state index in [-0.39, 0.29) is 17.5 Å². The van der Waals surface area contributed by atoms with Crippen molar-refractivity contribution in [1.29, 1.82) is 0 Å². The molecule has 0 saturated heterocycles. The fraction of sp³-hybridized carbons (Fsp3) is 0.444.